The normalized spacial score (nSPS) is 11.5. The quantitative estimate of drug-likeness (QED) is 0.396. The van der Waals surface area contributed by atoms with Gasteiger partial charge in [-0.1, -0.05) is 60.7 Å². The Bertz CT molecular complexity index is 815. The Morgan fingerprint density at radius 3 is 1.88 bits per heavy atom. The van der Waals surface area contributed by atoms with Crippen molar-refractivity contribution in [2.75, 3.05) is 0 Å². The Morgan fingerprint density at radius 2 is 1.42 bits per heavy atom. The third-order valence-corrected chi connectivity index (χ3v) is 3.95. The van der Waals surface area contributed by atoms with Gasteiger partial charge in [0.1, 0.15) is 6.29 Å². The minimum Gasteiger partial charge on any atom is -0.361 e. The van der Waals surface area contributed by atoms with Crippen LogP contribution in [0, 0.1) is 0 Å². The van der Waals surface area contributed by atoms with E-state index in [2.05, 4.69) is 35.3 Å². The first-order chi connectivity index (χ1) is 11.8. The summed E-state index contributed by atoms with van der Waals surface area (Å²) in [5.74, 6) is 0. The Morgan fingerprint density at radius 1 is 0.833 bits per heavy atom. The van der Waals surface area contributed by atoms with Crippen molar-refractivity contribution in [2.24, 2.45) is 0 Å². The number of aromatic nitrogens is 1. The predicted molar refractivity (Wildman–Crippen MR) is 99.4 cm³/mol. The first kappa shape index (κ1) is 15.8. The number of H-pyrrole nitrogens is 1. The Labute approximate surface area is 142 Å². The molecule has 0 amide bonds. The Hall–Kier alpha value is -3.13. The minimum atomic E-state index is 0.696. The lowest BCUT2D eigenvalue weighted by molar-refractivity contribution is -0.104. The number of rotatable bonds is 5. The number of nitrogens with one attached hydrogen (secondary N) is 1. The highest BCUT2D eigenvalue weighted by atomic mass is 16.1. The van der Waals surface area contributed by atoms with Gasteiger partial charge in [-0.3, -0.25) is 4.79 Å². The summed E-state index contributed by atoms with van der Waals surface area (Å²) in [6.45, 7) is 1.84. The molecule has 118 valence electrons. The van der Waals surface area contributed by atoms with Gasteiger partial charge in [-0.15, -0.1) is 0 Å². The molecule has 1 N–H and O–H groups in total. The molecule has 3 aromatic rings. The first-order valence-corrected chi connectivity index (χ1v) is 7.92. The van der Waals surface area contributed by atoms with Gasteiger partial charge in [-0.05, 0) is 47.4 Å². The van der Waals surface area contributed by atoms with Crippen LogP contribution in [0.5, 0.6) is 0 Å². The van der Waals surface area contributed by atoms with Gasteiger partial charge < -0.3 is 4.98 Å². The molecule has 1 aromatic heterocycles. The number of carbonyl (C=O) groups excluding carboxylic acids is 1. The average Bonchev–Trinajstić information content (AvgIpc) is 3.18. The molecule has 0 saturated carbocycles. The molecule has 0 atom stereocenters. The van der Waals surface area contributed by atoms with E-state index in [1.54, 1.807) is 0 Å². The molecule has 0 radical (unpaired) electrons. The monoisotopic (exact) mass is 313 g/mol. The van der Waals surface area contributed by atoms with Crippen molar-refractivity contribution in [3.63, 3.8) is 0 Å². The van der Waals surface area contributed by atoms with Crippen LogP contribution in [0.1, 0.15) is 23.7 Å². The summed E-state index contributed by atoms with van der Waals surface area (Å²) >= 11 is 0. The van der Waals surface area contributed by atoms with Crippen LogP contribution in [0.4, 0.5) is 0 Å². The Kier molecular flexibility index (Phi) is 4.87. The molecule has 2 heteroatoms. The van der Waals surface area contributed by atoms with E-state index in [1.807, 2.05) is 61.7 Å². The topological polar surface area (TPSA) is 32.9 Å². The summed E-state index contributed by atoms with van der Waals surface area (Å²) in [5, 5.41) is 0. The number of aromatic amines is 1. The molecule has 3 rings (SSSR count). The van der Waals surface area contributed by atoms with Gasteiger partial charge in [0.2, 0.25) is 0 Å². The van der Waals surface area contributed by atoms with Crippen molar-refractivity contribution in [3.05, 3.63) is 107 Å². The fourth-order valence-corrected chi connectivity index (χ4v) is 2.68. The fourth-order valence-electron chi connectivity index (χ4n) is 2.68. The van der Waals surface area contributed by atoms with E-state index in [4.69, 9.17) is 0 Å². The van der Waals surface area contributed by atoms with Gasteiger partial charge in [0.25, 0.3) is 0 Å². The molecule has 0 bridgehead atoms. The third kappa shape index (κ3) is 3.44. The molecule has 24 heavy (non-hydrogen) atoms. The number of hydrogen-bond acceptors (Lipinski definition) is 1. The van der Waals surface area contributed by atoms with E-state index >= 15 is 0 Å². The predicted octanol–water partition coefficient (Wildman–Crippen LogP) is 5.12. The van der Waals surface area contributed by atoms with Crippen molar-refractivity contribution in [3.8, 4) is 0 Å². The molecule has 2 nitrogen and oxygen atoms in total. The maximum Gasteiger partial charge on any atom is 0.146 e. The van der Waals surface area contributed by atoms with Gasteiger partial charge in [-0.2, -0.15) is 0 Å². The van der Waals surface area contributed by atoms with E-state index in [9.17, 15) is 4.79 Å². The highest BCUT2D eigenvalue weighted by Gasteiger charge is 2.09. The zero-order valence-corrected chi connectivity index (χ0v) is 13.6. The molecule has 0 unspecified atom stereocenters. The number of carbonyl (C=O) groups is 1. The maximum absolute atomic E-state index is 11.4. The van der Waals surface area contributed by atoms with Crippen LogP contribution in [-0.4, -0.2) is 11.3 Å². The van der Waals surface area contributed by atoms with Crippen LogP contribution in [0.15, 0.2) is 90.6 Å². The van der Waals surface area contributed by atoms with Gasteiger partial charge in [0.15, 0.2) is 0 Å². The number of hydrogen-bond donors (Lipinski definition) is 1. The fraction of sp³-hybridized carbons (Fsp3) is 0.0455. The van der Waals surface area contributed by atoms with E-state index in [-0.39, 0.29) is 0 Å². The second-order valence-electron chi connectivity index (χ2n) is 5.59. The van der Waals surface area contributed by atoms with Crippen LogP contribution in [-0.2, 0) is 4.79 Å². The minimum absolute atomic E-state index is 0.696. The summed E-state index contributed by atoms with van der Waals surface area (Å²) in [5.41, 5.74) is 5.85. The van der Waals surface area contributed by atoms with Gasteiger partial charge in [0, 0.05) is 17.5 Å². The lowest BCUT2D eigenvalue weighted by atomic mass is 9.93. The second kappa shape index (κ2) is 7.42. The van der Waals surface area contributed by atoms with Crippen LogP contribution >= 0.6 is 0 Å². The maximum atomic E-state index is 11.4. The molecule has 0 spiro atoms. The molecule has 0 aliphatic rings. The van der Waals surface area contributed by atoms with Gasteiger partial charge in [-0.25, -0.2) is 0 Å². The molecule has 0 aliphatic carbocycles. The number of benzene rings is 2. The van der Waals surface area contributed by atoms with E-state index in [0.717, 1.165) is 34.3 Å². The van der Waals surface area contributed by atoms with Crippen molar-refractivity contribution in [2.45, 2.75) is 6.92 Å². The summed E-state index contributed by atoms with van der Waals surface area (Å²) in [4.78, 5) is 14.6. The summed E-state index contributed by atoms with van der Waals surface area (Å²) < 4.78 is 0. The van der Waals surface area contributed by atoms with Crippen LogP contribution in [0.3, 0.4) is 0 Å². The lowest BCUT2D eigenvalue weighted by Gasteiger charge is -2.11. The third-order valence-electron chi connectivity index (χ3n) is 3.95. The smallest absolute Gasteiger partial charge is 0.146 e. The second-order valence-corrected chi connectivity index (χ2v) is 5.59. The van der Waals surface area contributed by atoms with Crippen LogP contribution in [0.2, 0.25) is 0 Å². The Balaban J connectivity index is 2.21. The zero-order valence-electron chi connectivity index (χ0n) is 13.6. The largest absolute Gasteiger partial charge is 0.361 e. The molecular formula is C22H19NO. The van der Waals surface area contributed by atoms with E-state index in [1.165, 1.54) is 0 Å². The van der Waals surface area contributed by atoms with E-state index in [0.29, 0.717) is 5.57 Å². The first-order valence-electron chi connectivity index (χ1n) is 7.92. The highest BCUT2D eigenvalue weighted by Crippen LogP contribution is 2.28. The zero-order chi connectivity index (χ0) is 16.8. The molecule has 0 fully saturated rings. The van der Waals surface area contributed by atoms with E-state index < -0.39 is 0 Å². The van der Waals surface area contributed by atoms with Gasteiger partial charge in [0.05, 0.1) is 0 Å². The summed E-state index contributed by atoms with van der Waals surface area (Å²) in [6.07, 6.45) is 4.85. The average molecular weight is 313 g/mol. The molecule has 0 aliphatic heterocycles. The van der Waals surface area contributed by atoms with Crippen molar-refractivity contribution < 1.29 is 4.79 Å². The standard InChI is InChI=1S/C22H19NO/c1-17(16-24)20(22-13-8-14-23-22)15-21(18-9-4-2-5-10-18)19-11-6-3-7-12-19/h2-16,23H,1H3/b20-17-. The highest BCUT2D eigenvalue weighted by molar-refractivity contribution is 5.96. The van der Waals surface area contributed by atoms with Crippen molar-refractivity contribution in [1.29, 1.82) is 0 Å². The van der Waals surface area contributed by atoms with Crippen LogP contribution < -0.4 is 0 Å². The molecule has 0 saturated heterocycles. The van der Waals surface area contributed by atoms with Crippen molar-refractivity contribution in [1.82, 2.24) is 4.98 Å². The molecule has 1 heterocycles. The van der Waals surface area contributed by atoms with Crippen molar-refractivity contribution >= 4 is 17.4 Å². The summed E-state index contributed by atoms with van der Waals surface area (Å²) in [7, 11) is 0. The molecule has 2 aromatic carbocycles. The molecular weight excluding hydrogens is 294 g/mol. The summed E-state index contributed by atoms with van der Waals surface area (Å²) in [6, 6.07) is 24.4. The van der Waals surface area contributed by atoms with Crippen LogP contribution in [0.25, 0.3) is 11.1 Å². The SMILES string of the molecule is C/C(C=O)=C(\C=C(c1ccccc1)c1ccccc1)c1ccc[nH]1. The van der Waals surface area contributed by atoms with Gasteiger partial charge >= 0.3 is 0 Å². The number of allylic oxidation sites excluding steroid dienone is 3. The number of aldehydes is 1. The lowest BCUT2D eigenvalue weighted by Crippen LogP contribution is -1.93.